The molecule has 0 bridgehead atoms. The molecule has 3 atom stereocenters. The number of rotatable bonds is 1. The first-order valence-corrected chi connectivity index (χ1v) is 7.11. The maximum absolute atomic E-state index is 10.6. The fraction of sp³-hybridized carbons (Fsp3) is 0.500. The van der Waals surface area contributed by atoms with E-state index < -0.39 is 12.1 Å². The number of hydrogen-bond donors (Lipinski definition) is 2. The Hall–Kier alpha value is -2.16. The Labute approximate surface area is 129 Å². The van der Waals surface area contributed by atoms with E-state index in [0.717, 1.165) is 24.9 Å². The van der Waals surface area contributed by atoms with Gasteiger partial charge in [0, 0.05) is 12.1 Å². The number of nitrogens with zero attached hydrogens (tertiary/aromatic N) is 3. The highest BCUT2D eigenvalue weighted by atomic mass is 19.4. The number of aromatic nitrogens is 3. The molecule has 1 saturated carbocycles. The van der Waals surface area contributed by atoms with Gasteiger partial charge in [-0.3, -0.25) is 0 Å². The number of halogens is 3. The lowest BCUT2D eigenvalue weighted by Crippen LogP contribution is -2.21. The molecule has 0 aromatic carbocycles. The average molecular weight is 328 g/mol. The molecule has 2 N–H and O–H groups in total. The van der Waals surface area contributed by atoms with Crippen molar-refractivity contribution in [2.75, 3.05) is 13.1 Å². The van der Waals surface area contributed by atoms with Gasteiger partial charge < -0.3 is 10.4 Å². The maximum Gasteiger partial charge on any atom is 0.490 e. The Bertz CT molecular complexity index is 733. The highest BCUT2D eigenvalue weighted by Crippen LogP contribution is 2.55. The third kappa shape index (κ3) is 3.00. The summed E-state index contributed by atoms with van der Waals surface area (Å²) in [6, 6.07) is 4.26. The highest BCUT2D eigenvalue weighted by Gasteiger charge is 2.55. The number of fused-ring (bicyclic) bond motifs is 2. The van der Waals surface area contributed by atoms with Crippen LogP contribution in [0.1, 0.15) is 17.2 Å². The number of alkyl halides is 3. The molecule has 1 aliphatic carbocycles. The summed E-state index contributed by atoms with van der Waals surface area (Å²) >= 11 is 0. The zero-order valence-corrected chi connectivity index (χ0v) is 12.2. The van der Waals surface area contributed by atoms with Crippen molar-refractivity contribution < 1.29 is 23.1 Å². The first kappa shape index (κ1) is 15.7. The molecule has 0 radical (unpaired) electrons. The van der Waals surface area contributed by atoms with E-state index in [0.29, 0.717) is 5.92 Å². The first-order valence-electron chi connectivity index (χ1n) is 7.11. The molecule has 4 rings (SSSR count). The van der Waals surface area contributed by atoms with E-state index >= 15 is 0 Å². The van der Waals surface area contributed by atoms with Crippen LogP contribution in [0.5, 0.6) is 0 Å². The molecule has 0 amide bonds. The average Bonchev–Trinajstić information content (AvgIpc) is 2.86. The number of carbonyl (C=O) groups is 1. The first-order chi connectivity index (χ1) is 10.8. The lowest BCUT2D eigenvalue weighted by Gasteiger charge is -2.01. The van der Waals surface area contributed by atoms with Crippen molar-refractivity contribution >= 4 is 11.5 Å². The van der Waals surface area contributed by atoms with Gasteiger partial charge in [-0.1, -0.05) is 5.21 Å². The van der Waals surface area contributed by atoms with Crippen LogP contribution in [-0.4, -0.2) is 45.2 Å². The van der Waals surface area contributed by atoms with Gasteiger partial charge >= 0.3 is 12.1 Å². The summed E-state index contributed by atoms with van der Waals surface area (Å²) in [4.78, 5) is 8.90. The maximum atomic E-state index is 10.6. The minimum absolute atomic E-state index is 0.653. The van der Waals surface area contributed by atoms with Crippen LogP contribution in [0.4, 0.5) is 13.2 Å². The van der Waals surface area contributed by atoms with Crippen molar-refractivity contribution in [3.8, 4) is 0 Å². The van der Waals surface area contributed by atoms with Gasteiger partial charge in [0.25, 0.3) is 0 Å². The van der Waals surface area contributed by atoms with Crippen molar-refractivity contribution in [1.29, 1.82) is 0 Å². The zero-order valence-electron chi connectivity index (χ0n) is 12.2. The number of carboxylic acids is 1. The summed E-state index contributed by atoms with van der Waals surface area (Å²) in [7, 11) is 0. The third-order valence-electron chi connectivity index (χ3n) is 4.25. The number of aliphatic carboxylic acids is 1. The van der Waals surface area contributed by atoms with Crippen molar-refractivity contribution in [3.05, 3.63) is 29.6 Å². The van der Waals surface area contributed by atoms with Crippen molar-refractivity contribution in [3.63, 3.8) is 0 Å². The lowest BCUT2D eigenvalue weighted by atomic mass is 10.1. The van der Waals surface area contributed by atoms with Crippen LogP contribution >= 0.6 is 0 Å². The molecule has 0 spiro atoms. The number of nitrogens with one attached hydrogen (secondary N) is 1. The summed E-state index contributed by atoms with van der Waals surface area (Å²) in [6.45, 7) is 4.42. The number of piperidine rings is 1. The summed E-state index contributed by atoms with van der Waals surface area (Å²) in [5.74, 6) is -0.491. The van der Waals surface area contributed by atoms with E-state index in [-0.39, 0.29) is 0 Å². The second-order valence-electron chi connectivity index (χ2n) is 5.82. The van der Waals surface area contributed by atoms with Gasteiger partial charge in [-0.05, 0) is 49.5 Å². The van der Waals surface area contributed by atoms with Crippen LogP contribution in [-0.2, 0) is 4.79 Å². The molecule has 2 fully saturated rings. The number of pyridine rings is 1. The number of hydrogen-bond acceptors (Lipinski definition) is 4. The van der Waals surface area contributed by atoms with Crippen molar-refractivity contribution in [1.82, 2.24) is 20.1 Å². The van der Waals surface area contributed by atoms with Gasteiger partial charge in [-0.25, -0.2) is 9.31 Å². The Balaban J connectivity index is 0.000000193. The number of aryl methyl sites for hydroxylation is 1. The summed E-state index contributed by atoms with van der Waals surface area (Å²) in [6.07, 6.45) is -3.09. The van der Waals surface area contributed by atoms with E-state index in [1.807, 2.05) is 10.7 Å². The Kier molecular flexibility index (Phi) is 3.75. The minimum Gasteiger partial charge on any atom is -0.475 e. The molecule has 23 heavy (non-hydrogen) atoms. The Morgan fingerprint density at radius 2 is 2.00 bits per heavy atom. The highest BCUT2D eigenvalue weighted by molar-refractivity contribution is 5.73. The molecule has 9 heteroatoms. The molecule has 124 valence electrons. The summed E-state index contributed by atoms with van der Waals surface area (Å²) in [5, 5.41) is 19.1. The largest absolute Gasteiger partial charge is 0.490 e. The number of carboxylic acid groups (broad SMARTS) is 1. The second kappa shape index (κ2) is 5.48. The van der Waals surface area contributed by atoms with E-state index in [4.69, 9.17) is 9.90 Å². The molecule has 1 unspecified atom stereocenters. The molecular formula is C14H15F3N4O2. The summed E-state index contributed by atoms with van der Waals surface area (Å²) in [5.41, 5.74) is 3.68. The molecule has 3 heterocycles. The third-order valence-corrected chi connectivity index (χ3v) is 4.25. The van der Waals surface area contributed by atoms with E-state index in [1.54, 1.807) is 0 Å². The normalized spacial score (nSPS) is 25.7. The van der Waals surface area contributed by atoms with E-state index in [2.05, 4.69) is 34.7 Å². The van der Waals surface area contributed by atoms with E-state index in [1.165, 1.54) is 16.8 Å². The van der Waals surface area contributed by atoms with Gasteiger partial charge in [-0.15, -0.1) is 5.10 Å². The van der Waals surface area contributed by atoms with Gasteiger partial charge in [0.2, 0.25) is 0 Å². The van der Waals surface area contributed by atoms with Gasteiger partial charge in [-0.2, -0.15) is 13.2 Å². The quantitative estimate of drug-likeness (QED) is 0.831. The molecule has 2 aromatic heterocycles. The van der Waals surface area contributed by atoms with Crippen molar-refractivity contribution in [2.45, 2.75) is 19.0 Å². The fourth-order valence-corrected chi connectivity index (χ4v) is 3.08. The van der Waals surface area contributed by atoms with E-state index in [9.17, 15) is 13.2 Å². The van der Waals surface area contributed by atoms with Crippen LogP contribution in [0.3, 0.4) is 0 Å². The SMILES string of the molecule is Cc1ccn2nnc(C3[C@H]4CNC[C@@H]34)c2c1.O=C(O)C(F)(F)F. The molecular weight excluding hydrogens is 313 g/mol. The monoisotopic (exact) mass is 328 g/mol. The lowest BCUT2D eigenvalue weighted by molar-refractivity contribution is -0.192. The van der Waals surface area contributed by atoms with Crippen LogP contribution < -0.4 is 5.32 Å². The topological polar surface area (TPSA) is 79.5 Å². The predicted molar refractivity (Wildman–Crippen MR) is 74.0 cm³/mol. The summed E-state index contributed by atoms with van der Waals surface area (Å²) < 4.78 is 33.6. The van der Waals surface area contributed by atoms with Crippen molar-refractivity contribution in [2.24, 2.45) is 11.8 Å². The standard InChI is InChI=1S/C12H14N4.C2HF3O2/c1-7-2-3-16-10(4-7)12(14-15-16)11-8-5-13-6-9(8)11;3-2(4,5)1(6)7/h2-4,8-9,11,13H,5-6H2,1H3;(H,6,7)/t8-,9+,11?;. The molecule has 2 aliphatic rings. The van der Waals surface area contributed by atoms with Crippen LogP contribution in [0.2, 0.25) is 0 Å². The predicted octanol–water partition coefficient (Wildman–Crippen LogP) is 1.60. The van der Waals surface area contributed by atoms with Gasteiger partial charge in [0.15, 0.2) is 0 Å². The minimum atomic E-state index is -5.08. The Morgan fingerprint density at radius 3 is 2.57 bits per heavy atom. The fourth-order valence-electron chi connectivity index (χ4n) is 3.08. The van der Waals surface area contributed by atoms with Crippen LogP contribution in [0.25, 0.3) is 5.52 Å². The van der Waals surface area contributed by atoms with Crippen LogP contribution in [0.15, 0.2) is 18.3 Å². The Morgan fingerprint density at radius 1 is 1.39 bits per heavy atom. The second-order valence-corrected chi connectivity index (χ2v) is 5.82. The molecule has 6 nitrogen and oxygen atoms in total. The molecule has 2 aromatic rings. The van der Waals surface area contributed by atoms with Gasteiger partial charge in [0.05, 0.1) is 11.2 Å². The molecule has 1 saturated heterocycles. The van der Waals surface area contributed by atoms with Gasteiger partial charge in [0.1, 0.15) is 0 Å². The van der Waals surface area contributed by atoms with Crippen LogP contribution in [0, 0.1) is 18.8 Å². The smallest absolute Gasteiger partial charge is 0.475 e. The zero-order chi connectivity index (χ0) is 16.8. The molecule has 1 aliphatic heterocycles.